The average Bonchev–Trinajstić information content (AvgIpc) is 1.59. The minimum absolute atomic E-state index is 0.913. The summed E-state index contributed by atoms with van der Waals surface area (Å²) in [5, 5.41) is 0. The van der Waals surface area contributed by atoms with Crippen LogP contribution in [0.4, 0.5) is 0 Å². The van der Waals surface area contributed by atoms with Gasteiger partial charge in [0.1, 0.15) is 0 Å². The van der Waals surface area contributed by atoms with E-state index in [0.29, 0.717) is 0 Å². The number of rotatable bonds is 1. The molecule has 0 heterocycles. The normalized spacial score (nSPS) is 31.7. The summed E-state index contributed by atoms with van der Waals surface area (Å²) in [4.78, 5) is 0. The molecule has 0 unspecified atom stereocenters. The minimum atomic E-state index is 0.913. The van der Waals surface area contributed by atoms with Crippen LogP contribution in [-0.4, -0.2) is 4.43 Å². The first-order valence-electron chi connectivity index (χ1n) is 3.91. The highest BCUT2D eigenvalue weighted by Gasteiger charge is 2.47. The molecule has 0 atom stereocenters. The Labute approximate surface area is 70.5 Å². The largest absolute Gasteiger partial charge is 0.0861 e. The van der Waals surface area contributed by atoms with Crippen LogP contribution in [0, 0.1) is 11.3 Å². The van der Waals surface area contributed by atoms with Gasteiger partial charge in [-0.2, -0.15) is 0 Å². The Kier molecular flexibility index (Phi) is 1.51. The van der Waals surface area contributed by atoms with Crippen LogP contribution in [0.5, 0.6) is 0 Å². The van der Waals surface area contributed by atoms with Crippen LogP contribution in [0.1, 0.15) is 32.1 Å². The zero-order valence-electron chi connectivity index (χ0n) is 5.70. The summed E-state index contributed by atoms with van der Waals surface area (Å²) in [6, 6.07) is 0. The van der Waals surface area contributed by atoms with Gasteiger partial charge in [-0.15, -0.1) is 0 Å². The molecular formula is C8H13I. The van der Waals surface area contributed by atoms with E-state index in [-0.39, 0.29) is 0 Å². The van der Waals surface area contributed by atoms with Crippen molar-refractivity contribution >= 4 is 22.6 Å². The van der Waals surface area contributed by atoms with E-state index in [1.165, 1.54) is 10.8 Å². The fraction of sp³-hybridized carbons (Fsp3) is 1.00. The van der Waals surface area contributed by atoms with E-state index in [4.69, 9.17) is 0 Å². The molecule has 2 aliphatic rings. The highest BCUT2D eigenvalue weighted by molar-refractivity contribution is 14.1. The maximum Gasteiger partial charge on any atom is 0.00241 e. The SMILES string of the molecule is ICC1CC2(CCC2)C1. The predicted molar refractivity (Wildman–Crippen MR) is 47.9 cm³/mol. The van der Waals surface area contributed by atoms with E-state index in [2.05, 4.69) is 22.6 Å². The van der Waals surface area contributed by atoms with Crippen LogP contribution in [0.25, 0.3) is 0 Å². The molecule has 0 nitrogen and oxygen atoms in total. The molecule has 1 spiro atoms. The fourth-order valence-electron chi connectivity index (χ4n) is 2.36. The smallest absolute Gasteiger partial charge is 0.00241 e. The van der Waals surface area contributed by atoms with Gasteiger partial charge < -0.3 is 0 Å². The lowest BCUT2D eigenvalue weighted by Crippen LogP contribution is -2.43. The van der Waals surface area contributed by atoms with Crippen LogP contribution in [0.15, 0.2) is 0 Å². The van der Waals surface area contributed by atoms with Gasteiger partial charge in [0.05, 0.1) is 0 Å². The van der Waals surface area contributed by atoms with Crippen LogP contribution in [0.2, 0.25) is 0 Å². The molecule has 2 fully saturated rings. The Morgan fingerprint density at radius 3 is 2.33 bits per heavy atom. The number of hydrogen-bond acceptors (Lipinski definition) is 0. The standard InChI is InChI=1S/C8H13I/c9-6-7-4-8(5-7)2-1-3-8/h7H,1-6H2. The third-order valence-electron chi connectivity index (χ3n) is 3.08. The predicted octanol–water partition coefficient (Wildman–Crippen LogP) is 3.00. The van der Waals surface area contributed by atoms with Crippen molar-refractivity contribution in [2.24, 2.45) is 11.3 Å². The van der Waals surface area contributed by atoms with E-state index in [1.807, 2.05) is 0 Å². The van der Waals surface area contributed by atoms with Crippen LogP contribution in [-0.2, 0) is 0 Å². The lowest BCUT2D eigenvalue weighted by Gasteiger charge is -2.54. The summed E-state index contributed by atoms with van der Waals surface area (Å²) in [6.07, 6.45) is 7.76. The summed E-state index contributed by atoms with van der Waals surface area (Å²) in [5.74, 6) is 1.10. The molecule has 0 aliphatic heterocycles. The topological polar surface area (TPSA) is 0 Å². The molecule has 0 bridgehead atoms. The van der Waals surface area contributed by atoms with Gasteiger partial charge in [-0.05, 0) is 37.0 Å². The lowest BCUT2D eigenvalue weighted by molar-refractivity contribution is -0.0129. The molecule has 0 aromatic carbocycles. The first kappa shape index (κ1) is 6.44. The summed E-state index contributed by atoms with van der Waals surface area (Å²) in [7, 11) is 0. The van der Waals surface area contributed by atoms with Crippen molar-refractivity contribution in [3.05, 3.63) is 0 Å². The molecule has 2 rings (SSSR count). The maximum absolute atomic E-state index is 2.52. The summed E-state index contributed by atoms with van der Waals surface area (Å²) in [5.41, 5.74) is 0.913. The van der Waals surface area contributed by atoms with Crippen molar-refractivity contribution in [1.29, 1.82) is 0 Å². The Morgan fingerprint density at radius 2 is 2.00 bits per heavy atom. The fourth-order valence-corrected chi connectivity index (χ4v) is 2.98. The third kappa shape index (κ3) is 0.920. The highest BCUT2D eigenvalue weighted by atomic mass is 127. The molecule has 2 saturated carbocycles. The average molecular weight is 236 g/mol. The minimum Gasteiger partial charge on any atom is -0.0861 e. The molecule has 2 aliphatic carbocycles. The van der Waals surface area contributed by atoms with Crippen molar-refractivity contribution in [3.8, 4) is 0 Å². The monoisotopic (exact) mass is 236 g/mol. The van der Waals surface area contributed by atoms with E-state index >= 15 is 0 Å². The maximum atomic E-state index is 2.52. The van der Waals surface area contributed by atoms with Crippen LogP contribution < -0.4 is 0 Å². The molecule has 0 amide bonds. The van der Waals surface area contributed by atoms with Gasteiger partial charge in [0.25, 0.3) is 0 Å². The van der Waals surface area contributed by atoms with Crippen molar-refractivity contribution in [2.45, 2.75) is 32.1 Å². The molecule has 0 saturated heterocycles. The van der Waals surface area contributed by atoms with Crippen molar-refractivity contribution in [2.75, 3.05) is 4.43 Å². The second kappa shape index (κ2) is 2.11. The summed E-state index contributed by atoms with van der Waals surface area (Å²) in [6.45, 7) is 0. The van der Waals surface area contributed by atoms with Gasteiger partial charge in [0.2, 0.25) is 0 Å². The first-order chi connectivity index (χ1) is 4.35. The Bertz CT molecular complexity index is 108. The second-order valence-corrected chi connectivity index (χ2v) is 4.66. The van der Waals surface area contributed by atoms with Crippen LogP contribution >= 0.6 is 22.6 Å². The van der Waals surface area contributed by atoms with E-state index in [1.54, 1.807) is 25.7 Å². The van der Waals surface area contributed by atoms with Gasteiger partial charge in [-0.1, -0.05) is 29.0 Å². The van der Waals surface area contributed by atoms with Crippen molar-refractivity contribution in [1.82, 2.24) is 0 Å². The van der Waals surface area contributed by atoms with E-state index in [0.717, 1.165) is 11.3 Å². The molecule has 9 heavy (non-hydrogen) atoms. The zero-order valence-corrected chi connectivity index (χ0v) is 7.86. The molecule has 0 aromatic heterocycles. The van der Waals surface area contributed by atoms with Crippen molar-refractivity contribution in [3.63, 3.8) is 0 Å². The second-order valence-electron chi connectivity index (χ2n) is 3.78. The molecule has 52 valence electrons. The first-order valence-corrected chi connectivity index (χ1v) is 5.43. The summed E-state index contributed by atoms with van der Waals surface area (Å²) < 4.78 is 1.40. The van der Waals surface area contributed by atoms with E-state index in [9.17, 15) is 0 Å². The van der Waals surface area contributed by atoms with Gasteiger partial charge in [-0.3, -0.25) is 0 Å². The molecule has 0 radical (unpaired) electrons. The Hall–Kier alpha value is 0.730. The van der Waals surface area contributed by atoms with Gasteiger partial charge in [0, 0.05) is 4.43 Å². The number of halogens is 1. The lowest BCUT2D eigenvalue weighted by atomic mass is 9.52. The van der Waals surface area contributed by atoms with Crippen LogP contribution in [0.3, 0.4) is 0 Å². The molecule has 0 aromatic rings. The highest BCUT2D eigenvalue weighted by Crippen LogP contribution is 2.58. The molecular weight excluding hydrogens is 223 g/mol. The molecule has 0 N–H and O–H groups in total. The quantitative estimate of drug-likeness (QED) is 0.485. The summed E-state index contributed by atoms with van der Waals surface area (Å²) >= 11 is 2.52. The molecule has 1 heteroatoms. The van der Waals surface area contributed by atoms with Gasteiger partial charge in [0.15, 0.2) is 0 Å². The Balaban J connectivity index is 1.82. The van der Waals surface area contributed by atoms with Crippen molar-refractivity contribution < 1.29 is 0 Å². The zero-order chi connectivity index (χ0) is 6.32. The number of alkyl halides is 1. The number of hydrogen-bond donors (Lipinski definition) is 0. The Morgan fingerprint density at radius 1 is 1.33 bits per heavy atom. The van der Waals surface area contributed by atoms with Gasteiger partial charge in [-0.25, -0.2) is 0 Å². The van der Waals surface area contributed by atoms with Gasteiger partial charge >= 0.3 is 0 Å². The van der Waals surface area contributed by atoms with E-state index < -0.39 is 0 Å². The third-order valence-corrected chi connectivity index (χ3v) is 4.32.